The molecule has 0 radical (unpaired) electrons. The number of fused-ring (bicyclic) bond motifs is 2. The molecule has 2 aliphatic heterocycles. The molecule has 2 aliphatic rings. The number of amides is 1. The minimum atomic E-state index is -0.412. The van der Waals surface area contributed by atoms with Crippen molar-refractivity contribution in [1.82, 2.24) is 10.6 Å². The van der Waals surface area contributed by atoms with Crippen LogP contribution in [0.1, 0.15) is 38.5 Å². The summed E-state index contributed by atoms with van der Waals surface area (Å²) in [6.45, 7) is 2.60. The predicted octanol–water partition coefficient (Wildman–Crippen LogP) is 4.04. The number of ether oxygens (including phenoxy) is 1. The lowest BCUT2D eigenvalue weighted by atomic mass is 9.83. The molecule has 1 amide bonds. The van der Waals surface area contributed by atoms with Crippen molar-refractivity contribution in [1.29, 1.82) is 0 Å². The number of hydrogen-bond acceptors (Lipinski definition) is 4. The SMILES string of the molecule is Cl.O=C(NCc1c(F)cccc1Cl)c1cc2c(s1)CCOC21CCNCC1. The number of piperidine rings is 1. The fourth-order valence-electron chi connectivity index (χ4n) is 3.73. The van der Waals surface area contributed by atoms with Crippen molar-refractivity contribution >= 4 is 41.3 Å². The highest BCUT2D eigenvalue weighted by atomic mass is 35.5. The Balaban J connectivity index is 0.00000210. The van der Waals surface area contributed by atoms with Crippen LogP contribution in [0.5, 0.6) is 0 Å². The summed E-state index contributed by atoms with van der Waals surface area (Å²) in [6.07, 6.45) is 2.67. The van der Waals surface area contributed by atoms with Gasteiger partial charge in [0, 0.05) is 28.4 Å². The standard InChI is InChI=1S/C19H20ClFN2O2S.ClH/c20-14-2-1-3-15(21)12(14)11-23-18(24)17-10-13-16(26-17)4-9-25-19(13)5-7-22-8-6-19;/h1-3,10,22H,4-9,11H2,(H,23,24);1H. The molecule has 8 heteroatoms. The van der Waals surface area contributed by atoms with Gasteiger partial charge in [0.1, 0.15) is 5.82 Å². The quantitative estimate of drug-likeness (QED) is 0.771. The number of benzene rings is 1. The van der Waals surface area contributed by atoms with Gasteiger partial charge in [0.15, 0.2) is 0 Å². The van der Waals surface area contributed by atoms with E-state index in [0.717, 1.165) is 37.9 Å². The normalized spacial score (nSPS) is 17.9. The molecule has 4 rings (SSSR count). The molecule has 146 valence electrons. The van der Waals surface area contributed by atoms with Gasteiger partial charge >= 0.3 is 0 Å². The first kappa shape index (κ1) is 20.6. The number of rotatable bonds is 3. The van der Waals surface area contributed by atoms with Crippen LogP contribution in [-0.2, 0) is 23.3 Å². The molecular formula is C19H21Cl2FN2O2S. The van der Waals surface area contributed by atoms with Crippen molar-refractivity contribution in [3.8, 4) is 0 Å². The summed E-state index contributed by atoms with van der Waals surface area (Å²) in [6, 6.07) is 6.47. The van der Waals surface area contributed by atoms with Crippen LogP contribution >= 0.6 is 35.3 Å². The Morgan fingerprint density at radius 3 is 2.89 bits per heavy atom. The Kier molecular flexibility index (Phi) is 6.43. The lowest BCUT2D eigenvalue weighted by molar-refractivity contribution is -0.0792. The highest BCUT2D eigenvalue weighted by Crippen LogP contribution is 2.43. The topological polar surface area (TPSA) is 50.4 Å². The highest BCUT2D eigenvalue weighted by molar-refractivity contribution is 7.14. The Morgan fingerprint density at radius 1 is 1.37 bits per heavy atom. The predicted molar refractivity (Wildman–Crippen MR) is 108 cm³/mol. The number of thiophene rings is 1. The maximum atomic E-state index is 13.9. The van der Waals surface area contributed by atoms with Gasteiger partial charge < -0.3 is 15.4 Å². The number of halogens is 3. The van der Waals surface area contributed by atoms with Gasteiger partial charge in [-0.15, -0.1) is 23.7 Å². The van der Waals surface area contributed by atoms with Gasteiger partial charge in [-0.2, -0.15) is 0 Å². The van der Waals surface area contributed by atoms with Crippen LogP contribution in [0.4, 0.5) is 4.39 Å². The second kappa shape index (κ2) is 8.45. The molecule has 1 aromatic heterocycles. The summed E-state index contributed by atoms with van der Waals surface area (Å²) in [5.41, 5.74) is 1.20. The number of carbonyl (C=O) groups is 1. The first-order valence-corrected chi connectivity index (χ1v) is 9.97. The van der Waals surface area contributed by atoms with Crippen molar-refractivity contribution < 1.29 is 13.9 Å². The van der Waals surface area contributed by atoms with E-state index in [0.29, 0.717) is 22.1 Å². The Morgan fingerprint density at radius 2 is 2.15 bits per heavy atom. The van der Waals surface area contributed by atoms with Crippen LogP contribution in [-0.4, -0.2) is 25.6 Å². The third kappa shape index (κ3) is 4.00. The minimum absolute atomic E-state index is 0. The van der Waals surface area contributed by atoms with Crippen molar-refractivity contribution in [3.63, 3.8) is 0 Å². The zero-order valence-electron chi connectivity index (χ0n) is 14.6. The first-order valence-electron chi connectivity index (χ1n) is 8.78. The highest BCUT2D eigenvalue weighted by Gasteiger charge is 2.40. The molecule has 2 N–H and O–H groups in total. The van der Waals surface area contributed by atoms with Gasteiger partial charge in [0.2, 0.25) is 0 Å². The van der Waals surface area contributed by atoms with E-state index in [2.05, 4.69) is 10.6 Å². The first-order chi connectivity index (χ1) is 12.6. The summed E-state index contributed by atoms with van der Waals surface area (Å²) in [4.78, 5) is 14.5. The van der Waals surface area contributed by atoms with Crippen LogP contribution in [0, 0.1) is 5.82 Å². The summed E-state index contributed by atoms with van der Waals surface area (Å²) in [5.74, 6) is -0.613. The van der Waals surface area contributed by atoms with Gasteiger partial charge in [-0.25, -0.2) is 4.39 Å². The molecule has 1 aromatic carbocycles. The van der Waals surface area contributed by atoms with Crippen LogP contribution in [0.15, 0.2) is 24.3 Å². The number of carbonyl (C=O) groups excluding carboxylic acids is 1. The maximum Gasteiger partial charge on any atom is 0.261 e. The van der Waals surface area contributed by atoms with E-state index in [-0.39, 0.29) is 30.5 Å². The Bertz CT molecular complexity index is 817. The average molecular weight is 431 g/mol. The zero-order valence-corrected chi connectivity index (χ0v) is 17.0. The third-order valence-corrected chi connectivity index (χ3v) is 6.68. The van der Waals surface area contributed by atoms with Crippen LogP contribution in [0.3, 0.4) is 0 Å². The second-order valence-electron chi connectivity index (χ2n) is 6.67. The van der Waals surface area contributed by atoms with Gasteiger partial charge in [0.05, 0.1) is 17.1 Å². The van der Waals surface area contributed by atoms with E-state index in [1.54, 1.807) is 12.1 Å². The molecule has 2 aromatic rings. The summed E-state index contributed by atoms with van der Waals surface area (Å²) in [5, 5.41) is 6.47. The van der Waals surface area contributed by atoms with Crippen molar-refractivity contribution in [2.24, 2.45) is 0 Å². The fourth-order valence-corrected chi connectivity index (χ4v) is 5.11. The van der Waals surface area contributed by atoms with Crippen molar-refractivity contribution in [2.45, 2.75) is 31.4 Å². The van der Waals surface area contributed by atoms with Crippen molar-refractivity contribution in [2.75, 3.05) is 19.7 Å². The molecule has 1 saturated heterocycles. The fraction of sp³-hybridized carbons (Fsp3) is 0.421. The lowest BCUT2D eigenvalue weighted by Gasteiger charge is -2.40. The Labute approximate surface area is 172 Å². The van der Waals surface area contributed by atoms with E-state index in [9.17, 15) is 9.18 Å². The maximum absolute atomic E-state index is 13.9. The third-order valence-electron chi connectivity index (χ3n) is 5.13. The van der Waals surface area contributed by atoms with Crippen LogP contribution in [0.2, 0.25) is 5.02 Å². The largest absolute Gasteiger partial charge is 0.370 e. The minimum Gasteiger partial charge on any atom is -0.370 e. The Hall–Kier alpha value is -1.18. The average Bonchev–Trinajstić information content (AvgIpc) is 3.08. The molecule has 0 aliphatic carbocycles. The van der Waals surface area contributed by atoms with Crippen LogP contribution < -0.4 is 10.6 Å². The van der Waals surface area contributed by atoms with Gasteiger partial charge in [-0.1, -0.05) is 17.7 Å². The van der Waals surface area contributed by atoms with E-state index >= 15 is 0 Å². The molecule has 0 saturated carbocycles. The molecule has 1 fully saturated rings. The van der Waals surface area contributed by atoms with E-state index < -0.39 is 5.82 Å². The van der Waals surface area contributed by atoms with Crippen molar-refractivity contribution in [3.05, 3.63) is 56.0 Å². The van der Waals surface area contributed by atoms with Gasteiger partial charge in [-0.05, 0) is 49.7 Å². The van der Waals surface area contributed by atoms with Crippen LogP contribution in [0.25, 0.3) is 0 Å². The molecule has 0 atom stereocenters. The summed E-state index contributed by atoms with van der Waals surface area (Å²) < 4.78 is 20.0. The second-order valence-corrected chi connectivity index (χ2v) is 8.22. The van der Waals surface area contributed by atoms with Gasteiger partial charge in [-0.3, -0.25) is 4.79 Å². The summed E-state index contributed by atoms with van der Waals surface area (Å²) >= 11 is 7.54. The van der Waals surface area contributed by atoms with E-state index in [4.69, 9.17) is 16.3 Å². The smallest absolute Gasteiger partial charge is 0.261 e. The monoisotopic (exact) mass is 430 g/mol. The number of hydrogen-bond donors (Lipinski definition) is 2. The molecule has 0 unspecified atom stereocenters. The molecular weight excluding hydrogens is 410 g/mol. The molecule has 0 bridgehead atoms. The molecule has 1 spiro atoms. The molecule has 4 nitrogen and oxygen atoms in total. The van der Waals surface area contributed by atoms with E-state index in [1.165, 1.54) is 22.3 Å². The van der Waals surface area contributed by atoms with Gasteiger partial charge in [0.25, 0.3) is 5.91 Å². The summed E-state index contributed by atoms with van der Waals surface area (Å²) in [7, 11) is 0. The number of nitrogens with one attached hydrogen (secondary N) is 2. The van der Waals surface area contributed by atoms with E-state index in [1.807, 2.05) is 6.07 Å². The molecule has 27 heavy (non-hydrogen) atoms. The zero-order chi connectivity index (χ0) is 18.1. The lowest BCUT2D eigenvalue weighted by Crippen LogP contribution is -2.44. The molecule has 3 heterocycles.